The van der Waals surface area contributed by atoms with Crippen LogP contribution in [0.2, 0.25) is 0 Å². The van der Waals surface area contributed by atoms with Crippen LogP contribution in [-0.2, 0) is 13.1 Å². The Kier molecular flexibility index (Phi) is 2.62. The Morgan fingerprint density at radius 2 is 2.55 bits per heavy atom. The minimum atomic E-state index is -0.352. The van der Waals surface area contributed by atoms with Crippen LogP contribution >= 0.6 is 0 Å². The molecule has 1 aromatic heterocycles. The van der Waals surface area contributed by atoms with E-state index in [-0.39, 0.29) is 6.10 Å². The van der Waals surface area contributed by atoms with Crippen LogP contribution < -0.4 is 5.73 Å². The largest absolute Gasteiger partial charge is 0.392 e. The summed E-state index contributed by atoms with van der Waals surface area (Å²) >= 11 is 0. The zero-order valence-electron chi connectivity index (χ0n) is 6.57. The number of aliphatic hydroxyl groups excluding tert-OH is 1. The van der Waals surface area contributed by atoms with E-state index in [2.05, 4.69) is 4.98 Å². The third kappa shape index (κ3) is 2.03. The molecule has 4 nitrogen and oxygen atoms in total. The van der Waals surface area contributed by atoms with E-state index in [0.29, 0.717) is 13.1 Å². The van der Waals surface area contributed by atoms with Gasteiger partial charge in [0.15, 0.2) is 0 Å². The summed E-state index contributed by atoms with van der Waals surface area (Å²) < 4.78 is 1.85. The summed E-state index contributed by atoms with van der Waals surface area (Å²) in [6.07, 6.45) is 3.15. The molecule has 4 heteroatoms. The summed E-state index contributed by atoms with van der Waals surface area (Å²) in [5.41, 5.74) is 5.41. The first-order valence-electron chi connectivity index (χ1n) is 3.62. The summed E-state index contributed by atoms with van der Waals surface area (Å²) in [4.78, 5) is 4.01. The van der Waals surface area contributed by atoms with Crippen LogP contribution in [0.3, 0.4) is 0 Å². The highest BCUT2D eigenvalue weighted by Gasteiger charge is 2.02. The van der Waals surface area contributed by atoms with Crippen molar-refractivity contribution >= 4 is 0 Å². The van der Waals surface area contributed by atoms with Crippen LogP contribution in [0.4, 0.5) is 0 Å². The molecule has 1 rings (SSSR count). The molecule has 1 aromatic rings. The number of nitrogens with zero attached hydrogens (tertiary/aromatic N) is 2. The summed E-state index contributed by atoms with van der Waals surface area (Å²) in [6, 6.07) is 0. The molecular weight excluding hydrogens is 142 g/mol. The zero-order chi connectivity index (χ0) is 8.27. The first-order valence-corrected chi connectivity index (χ1v) is 3.62. The maximum atomic E-state index is 9.05. The normalized spacial score (nSPS) is 13.4. The Bertz CT molecular complexity index is 219. The number of imidazole rings is 1. The third-order valence-electron chi connectivity index (χ3n) is 1.45. The molecule has 3 N–H and O–H groups in total. The van der Waals surface area contributed by atoms with Crippen LogP contribution in [0.5, 0.6) is 0 Å². The lowest BCUT2D eigenvalue weighted by Gasteiger charge is -2.07. The van der Waals surface area contributed by atoms with Gasteiger partial charge in [-0.25, -0.2) is 4.98 Å². The molecule has 0 saturated heterocycles. The first-order chi connectivity index (χ1) is 5.24. The van der Waals surface area contributed by atoms with Gasteiger partial charge in [0.2, 0.25) is 0 Å². The fourth-order valence-electron chi connectivity index (χ4n) is 0.981. The monoisotopic (exact) mass is 155 g/mol. The second-order valence-electron chi connectivity index (χ2n) is 2.55. The Labute approximate surface area is 65.7 Å². The maximum absolute atomic E-state index is 9.05. The molecule has 0 bridgehead atoms. The van der Waals surface area contributed by atoms with Gasteiger partial charge < -0.3 is 15.4 Å². The summed E-state index contributed by atoms with van der Waals surface area (Å²) in [5, 5.41) is 9.05. The van der Waals surface area contributed by atoms with Crippen molar-refractivity contribution in [3.63, 3.8) is 0 Å². The Morgan fingerprint density at radius 1 is 1.82 bits per heavy atom. The minimum absolute atomic E-state index is 0.352. The highest BCUT2D eigenvalue weighted by molar-refractivity contribution is 4.91. The molecular formula is C7H13N3O. The van der Waals surface area contributed by atoms with Crippen LogP contribution in [0.25, 0.3) is 0 Å². The van der Waals surface area contributed by atoms with E-state index in [9.17, 15) is 0 Å². The molecule has 0 spiro atoms. The van der Waals surface area contributed by atoms with Gasteiger partial charge in [0.1, 0.15) is 5.82 Å². The molecule has 0 aliphatic carbocycles. The second kappa shape index (κ2) is 3.50. The summed E-state index contributed by atoms with van der Waals surface area (Å²) in [6.45, 7) is 2.71. The summed E-state index contributed by atoms with van der Waals surface area (Å²) in [5.74, 6) is 0.811. The third-order valence-corrected chi connectivity index (χ3v) is 1.45. The molecule has 0 aromatic carbocycles. The fourth-order valence-corrected chi connectivity index (χ4v) is 0.981. The van der Waals surface area contributed by atoms with Gasteiger partial charge >= 0.3 is 0 Å². The number of hydrogen-bond donors (Lipinski definition) is 2. The molecule has 0 aliphatic rings. The number of hydrogen-bond acceptors (Lipinski definition) is 3. The van der Waals surface area contributed by atoms with Crippen molar-refractivity contribution in [3.8, 4) is 0 Å². The number of aromatic nitrogens is 2. The smallest absolute Gasteiger partial charge is 0.122 e. The van der Waals surface area contributed by atoms with Crippen LogP contribution in [0, 0.1) is 0 Å². The van der Waals surface area contributed by atoms with Gasteiger partial charge in [-0.3, -0.25) is 0 Å². The van der Waals surface area contributed by atoms with E-state index in [1.165, 1.54) is 0 Å². The summed E-state index contributed by atoms with van der Waals surface area (Å²) in [7, 11) is 0. The molecule has 1 atom stereocenters. The molecule has 1 heterocycles. The molecule has 0 amide bonds. The second-order valence-corrected chi connectivity index (χ2v) is 2.55. The van der Waals surface area contributed by atoms with Gasteiger partial charge in [0.05, 0.1) is 12.6 Å². The van der Waals surface area contributed by atoms with Gasteiger partial charge in [-0.1, -0.05) is 0 Å². The minimum Gasteiger partial charge on any atom is -0.392 e. The average molecular weight is 155 g/mol. The molecule has 0 radical (unpaired) electrons. The van der Waals surface area contributed by atoms with E-state index in [1.54, 1.807) is 13.1 Å². The van der Waals surface area contributed by atoms with Crippen molar-refractivity contribution in [1.29, 1.82) is 0 Å². The standard InChI is InChI=1S/C7H13N3O/c1-6(11)5-10-3-2-9-7(10)4-8/h2-3,6,11H,4-5,8H2,1H3. The fraction of sp³-hybridized carbons (Fsp3) is 0.571. The van der Waals surface area contributed by atoms with E-state index >= 15 is 0 Å². The molecule has 0 saturated carbocycles. The van der Waals surface area contributed by atoms with E-state index in [1.807, 2.05) is 10.8 Å². The van der Waals surface area contributed by atoms with Gasteiger partial charge in [0.25, 0.3) is 0 Å². The van der Waals surface area contributed by atoms with Crippen LogP contribution in [0.1, 0.15) is 12.7 Å². The van der Waals surface area contributed by atoms with Crippen molar-refractivity contribution in [2.45, 2.75) is 26.1 Å². The Balaban J connectivity index is 2.68. The Morgan fingerprint density at radius 3 is 3.09 bits per heavy atom. The van der Waals surface area contributed by atoms with Gasteiger partial charge in [-0.15, -0.1) is 0 Å². The Hall–Kier alpha value is -0.870. The van der Waals surface area contributed by atoms with Crippen LogP contribution in [-0.4, -0.2) is 20.8 Å². The highest BCUT2D eigenvalue weighted by Crippen LogP contribution is 1.97. The maximum Gasteiger partial charge on any atom is 0.122 e. The quantitative estimate of drug-likeness (QED) is 0.631. The van der Waals surface area contributed by atoms with Crippen molar-refractivity contribution in [3.05, 3.63) is 18.2 Å². The van der Waals surface area contributed by atoms with Crippen LogP contribution in [0.15, 0.2) is 12.4 Å². The average Bonchev–Trinajstić information content (AvgIpc) is 2.34. The number of nitrogens with two attached hydrogens (primary N) is 1. The van der Waals surface area contributed by atoms with E-state index in [4.69, 9.17) is 10.8 Å². The van der Waals surface area contributed by atoms with Crippen molar-refractivity contribution in [2.24, 2.45) is 5.73 Å². The first kappa shape index (κ1) is 8.23. The van der Waals surface area contributed by atoms with Crippen molar-refractivity contribution in [2.75, 3.05) is 0 Å². The molecule has 1 unspecified atom stereocenters. The topological polar surface area (TPSA) is 64.1 Å². The lowest BCUT2D eigenvalue weighted by molar-refractivity contribution is 0.172. The highest BCUT2D eigenvalue weighted by atomic mass is 16.3. The van der Waals surface area contributed by atoms with Gasteiger partial charge in [0, 0.05) is 18.9 Å². The predicted molar refractivity (Wildman–Crippen MR) is 41.8 cm³/mol. The molecule has 0 aliphatic heterocycles. The number of rotatable bonds is 3. The van der Waals surface area contributed by atoms with E-state index < -0.39 is 0 Å². The van der Waals surface area contributed by atoms with E-state index in [0.717, 1.165) is 5.82 Å². The molecule has 62 valence electrons. The van der Waals surface area contributed by atoms with Gasteiger partial charge in [-0.05, 0) is 6.92 Å². The number of aliphatic hydroxyl groups is 1. The van der Waals surface area contributed by atoms with Crippen molar-refractivity contribution < 1.29 is 5.11 Å². The SMILES string of the molecule is CC(O)Cn1ccnc1CN. The zero-order valence-corrected chi connectivity index (χ0v) is 6.57. The lowest BCUT2D eigenvalue weighted by atomic mass is 10.4. The molecule has 11 heavy (non-hydrogen) atoms. The van der Waals surface area contributed by atoms with Crippen molar-refractivity contribution in [1.82, 2.24) is 9.55 Å². The lowest BCUT2D eigenvalue weighted by Crippen LogP contribution is -2.15. The predicted octanol–water partition coefficient (Wildman–Crippen LogP) is -0.277. The molecule has 0 fully saturated rings. The van der Waals surface area contributed by atoms with Gasteiger partial charge in [-0.2, -0.15) is 0 Å².